The predicted molar refractivity (Wildman–Crippen MR) is 100 cm³/mol. The lowest BCUT2D eigenvalue weighted by molar-refractivity contribution is 0.0497. The third-order valence-corrected chi connectivity index (χ3v) is 4.02. The maximum atomic E-state index is 11.8. The molecule has 3 rings (SSSR count). The molecule has 0 amide bonds. The topological polar surface area (TPSA) is 35.5 Å². The summed E-state index contributed by atoms with van der Waals surface area (Å²) in [5.74, 6) is 0.641. The van der Waals surface area contributed by atoms with Gasteiger partial charge in [0.2, 0.25) is 0 Å². The molecule has 0 aliphatic carbocycles. The van der Waals surface area contributed by atoms with Crippen molar-refractivity contribution in [2.75, 3.05) is 13.2 Å². The Balaban J connectivity index is 1.31. The molecular weight excluding hydrogens is 312 g/mol. The number of hydrogen-bond donors (Lipinski definition) is 0. The summed E-state index contributed by atoms with van der Waals surface area (Å²) in [6.45, 7) is 1.12. The van der Waals surface area contributed by atoms with E-state index in [2.05, 4.69) is 24.3 Å². The van der Waals surface area contributed by atoms with Crippen LogP contribution in [0, 0.1) is 0 Å². The first-order chi connectivity index (χ1) is 12.3. The van der Waals surface area contributed by atoms with Gasteiger partial charge >= 0.3 is 5.97 Å². The second kappa shape index (κ2) is 8.88. The van der Waals surface area contributed by atoms with Crippen LogP contribution in [0.3, 0.4) is 0 Å². The van der Waals surface area contributed by atoms with Gasteiger partial charge in [0.15, 0.2) is 0 Å². The molecule has 0 saturated carbocycles. The van der Waals surface area contributed by atoms with E-state index < -0.39 is 0 Å². The second-order valence-electron chi connectivity index (χ2n) is 5.92. The Morgan fingerprint density at radius 1 is 0.720 bits per heavy atom. The van der Waals surface area contributed by atoms with E-state index in [1.807, 2.05) is 36.4 Å². The number of carbonyl (C=O) groups is 1. The van der Waals surface area contributed by atoms with Crippen LogP contribution in [0.1, 0.15) is 29.6 Å². The van der Waals surface area contributed by atoms with Gasteiger partial charge in [-0.05, 0) is 54.3 Å². The number of esters is 1. The van der Waals surface area contributed by atoms with Crippen molar-refractivity contribution in [3.05, 3.63) is 78.4 Å². The van der Waals surface area contributed by atoms with Crippen LogP contribution in [-0.4, -0.2) is 19.2 Å². The maximum Gasteiger partial charge on any atom is 0.338 e. The zero-order valence-corrected chi connectivity index (χ0v) is 14.2. The average molecular weight is 334 g/mol. The van der Waals surface area contributed by atoms with Gasteiger partial charge in [-0.3, -0.25) is 0 Å². The Morgan fingerprint density at radius 2 is 1.44 bits per heavy atom. The quantitative estimate of drug-likeness (QED) is 0.417. The summed E-state index contributed by atoms with van der Waals surface area (Å²) in [6, 6.07) is 23.5. The fraction of sp³-hybridized carbons (Fsp3) is 0.227. The number of unbranched alkanes of at least 4 members (excludes halogenated alkanes) is 2. The van der Waals surface area contributed by atoms with Crippen LogP contribution in [0.15, 0.2) is 72.8 Å². The lowest BCUT2D eigenvalue weighted by atomic mass is 10.1. The van der Waals surface area contributed by atoms with Crippen molar-refractivity contribution >= 4 is 16.7 Å². The van der Waals surface area contributed by atoms with Gasteiger partial charge < -0.3 is 9.47 Å². The molecule has 25 heavy (non-hydrogen) atoms. The van der Waals surface area contributed by atoms with Crippen molar-refractivity contribution in [1.29, 1.82) is 0 Å². The van der Waals surface area contributed by atoms with Gasteiger partial charge in [0.25, 0.3) is 0 Å². The Kier molecular flexibility index (Phi) is 6.05. The number of fused-ring (bicyclic) bond motifs is 1. The first-order valence-corrected chi connectivity index (χ1v) is 8.67. The molecule has 0 fully saturated rings. The van der Waals surface area contributed by atoms with Gasteiger partial charge in [0.1, 0.15) is 5.75 Å². The van der Waals surface area contributed by atoms with Gasteiger partial charge in [0.05, 0.1) is 18.8 Å². The van der Waals surface area contributed by atoms with Crippen molar-refractivity contribution in [2.45, 2.75) is 19.3 Å². The number of rotatable bonds is 8. The lowest BCUT2D eigenvalue weighted by Gasteiger charge is -2.08. The molecule has 3 aromatic rings. The van der Waals surface area contributed by atoms with Crippen molar-refractivity contribution < 1.29 is 14.3 Å². The van der Waals surface area contributed by atoms with Crippen LogP contribution < -0.4 is 4.74 Å². The molecule has 0 heterocycles. The highest BCUT2D eigenvalue weighted by Gasteiger charge is 2.05. The molecule has 3 aromatic carbocycles. The summed E-state index contributed by atoms with van der Waals surface area (Å²) in [6.07, 6.45) is 2.75. The Morgan fingerprint density at radius 3 is 2.28 bits per heavy atom. The summed E-state index contributed by atoms with van der Waals surface area (Å²) in [7, 11) is 0. The molecule has 0 bridgehead atoms. The van der Waals surface area contributed by atoms with Crippen LogP contribution in [0.5, 0.6) is 5.75 Å². The maximum absolute atomic E-state index is 11.8. The average Bonchev–Trinajstić information content (AvgIpc) is 2.67. The van der Waals surface area contributed by atoms with Crippen molar-refractivity contribution in [3.8, 4) is 5.75 Å². The van der Waals surface area contributed by atoms with E-state index in [-0.39, 0.29) is 5.97 Å². The fourth-order valence-corrected chi connectivity index (χ4v) is 2.65. The highest BCUT2D eigenvalue weighted by molar-refractivity contribution is 5.89. The standard InChI is InChI=1S/C22H22O3/c23-22(19-10-3-1-4-11-19)25-16-8-2-7-15-24-21-14-13-18-9-5-6-12-20(18)17-21/h1,3-6,9-14,17H,2,7-8,15-16H2. The summed E-state index contributed by atoms with van der Waals surface area (Å²) in [4.78, 5) is 11.8. The van der Waals surface area contributed by atoms with Crippen LogP contribution in [0.2, 0.25) is 0 Å². The highest BCUT2D eigenvalue weighted by atomic mass is 16.5. The molecule has 0 spiro atoms. The molecule has 0 unspecified atom stereocenters. The van der Waals surface area contributed by atoms with E-state index in [9.17, 15) is 4.79 Å². The Labute approximate surface area is 148 Å². The molecule has 0 atom stereocenters. The van der Waals surface area contributed by atoms with Gasteiger partial charge in [-0.25, -0.2) is 4.79 Å². The molecule has 0 aliphatic rings. The summed E-state index contributed by atoms with van der Waals surface area (Å²) in [5.41, 5.74) is 0.599. The second-order valence-corrected chi connectivity index (χ2v) is 5.92. The Hall–Kier alpha value is -2.81. The minimum Gasteiger partial charge on any atom is -0.494 e. The number of hydrogen-bond acceptors (Lipinski definition) is 3. The fourth-order valence-electron chi connectivity index (χ4n) is 2.65. The molecule has 0 aliphatic heterocycles. The van der Waals surface area contributed by atoms with Gasteiger partial charge in [-0.2, -0.15) is 0 Å². The SMILES string of the molecule is O=C(OCCCCCOc1ccc2ccccc2c1)c1ccccc1. The monoisotopic (exact) mass is 334 g/mol. The van der Waals surface area contributed by atoms with Gasteiger partial charge in [-0.15, -0.1) is 0 Å². The molecule has 0 saturated heterocycles. The molecule has 3 nitrogen and oxygen atoms in total. The minimum atomic E-state index is -0.256. The van der Waals surface area contributed by atoms with Gasteiger partial charge in [-0.1, -0.05) is 48.5 Å². The molecular formula is C22H22O3. The zero-order valence-electron chi connectivity index (χ0n) is 14.2. The van der Waals surface area contributed by atoms with Crippen LogP contribution >= 0.6 is 0 Å². The van der Waals surface area contributed by atoms with E-state index in [0.29, 0.717) is 18.8 Å². The predicted octanol–water partition coefficient (Wildman–Crippen LogP) is 5.25. The number of ether oxygens (including phenoxy) is 2. The largest absolute Gasteiger partial charge is 0.494 e. The van der Waals surface area contributed by atoms with Crippen LogP contribution in [0.4, 0.5) is 0 Å². The van der Waals surface area contributed by atoms with Crippen LogP contribution in [0.25, 0.3) is 10.8 Å². The third kappa shape index (κ3) is 5.08. The molecule has 0 radical (unpaired) electrons. The van der Waals surface area contributed by atoms with Crippen molar-refractivity contribution in [3.63, 3.8) is 0 Å². The first-order valence-electron chi connectivity index (χ1n) is 8.67. The van der Waals surface area contributed by atoms with Crippen LogP contribution in [-0.2, 0) is 4.74 Å². The Bertz CT molecular complexity index is 812. The lowest BCUT2D eigenvalue weighted by Crippen LogP contribution is -2.06. The van der Waals surface area contributed by atoms with Gasteiger partial charge in [0, 0.05) is 0 Å². The normalized spacial score (nSPS) is 10.6. The van der Waals surface area contributed by atoms with E-state index >= 15 is 0 Å². The summed E-state index contributed by atoms with van der Waals surface area (Å²) < 4.78 is 11.1. The first kappa shape index (κ1) is 17.0. The number of benzene rings is 3. The van der Waals surface area contributed by atoms with E-state index in [0.717, 1.165) is 25.0 Å². The molecule has 0 aromatic heterocycles. The van der Waals surface area contributed by atoms with E-state index in [1.165, 1.54) is 10.8 Å². The van der Waals surface area contributed by atoms with Crippen molar-refractivity contribution in [1.82, 2.24) is 0 Å². The molecule has 128 valence electrons. The zero-order chi connectivity index (χ0) is 17.3. The van der Waals surface area contributed by atoms with E-state index in [4.69, 9.17) is 9.47 Å². The minimum absolute atomic E-state index is 0.256. The smallest absolute Gasteiger partial charge is 0.338 e. The highest BCUT2D eigenvalue weighted by Crippen LogP contribution is 2.20. The number of carbonyl (C=O) groups excluding carboxylic acids is 1. The molecule has 0 N–H and O–H groups in total. The van der Waals surface area contributed by atoms with E-state index in [1.54, 1.807) is 12.1 Å². The van der Waals surface area contributed by atoms with Crippen molar-refractivity contribution in [2.24, 2.45) is 0 Å². The molecule has 3 heteroatoms. The third-order valence-electron chi connectivity index (χ3n) is 4.02. The summed E-state index contributed by atoms with van der Waals surface area (Å²) >= 11 is 0. The summed E-state index contributed by atoms with van der Waals surface area (Å²) in [5, 5.41) is 2.41.